The topological polar surface area (TPSA) is 67.0 Å². The SMILES string of the molecule is COc1ccc(C(=O)NCc2cn[nH]c2-c2ccccc2)cc1. The van der Waals surface area contributed by atoms with E-state index in [1.807, 2.05) is 30.3 Å². The van der Waals surface area contributed by atoms with Crippen molar-refractivity contribution in [3.05, 3.63) is 71.9 Å². The summed E-state index contributed by atoms with van der Waals surface area (Å²) in [6.45, 7) is 0.408. The fraction of sp³-hybridized carbons (Fsp3) is 0.111. The number of benzene rings is 2. The Balaban J connectivity index is 1.69. The van der Waals surface area contributed by atoms with Gasteiger partial charge in [0.15, 0.2) is 0 Å². The Bertz CT molecular complexity index is 780. The highest BCUT2D eigenvalue weighted by Gasteiger charge is 2.10. The smallest absolute Gasteiger partial charge is 0.251 e. The predicted molar refractivity (Wildman–Crippen MR) is 88.2 cm³/mol. The van der Waals surface area contributed by atoms with Crippen LogP contribution < -0.4 is 10.1 Å². The second-order valence-electron chi connectivity index (χ2n) is 5.05. The normalized spacial score (nSPS) is 10.3. The summed E-state index contributed by atoms with van der Waals surface area (Å²) in [5, 5.41) is 9.97. The van der Waals surface area contributed by atoms with Crippen LogP contribution >= 0.6 is 0 Å². The highest BCUT2D eigenvalue weighted by molar-refractivity contribution is 5.94. The molecule has 0 aliphatic carbocycles. The number of carbonyl (C=O) groups is 1. The molecular formula is C18H17N3O2. The lowest BCUT2D eigenvalue weighted by atomic mass is 10.1. The maximum absolute atomic E-state index is 12.2. The molecule has 0 bridgehead atoms. The van der Waals surface area contributed by atoms with Gasteiger partial charge in [-0.05, 0) is 29.8 Å². The van der Waals surface area contributed by atoms with Crippen molar-refractivity contribution >= 4 is 5.91 Å². The molecule has 3 rings (SSSR count). The van der Waals surface area contributed by atoms with Crippen LogP contribution in [0.25, 0.3) is 11.3 Å². The number of nitrogens with zero attached hydrogens (tertiary/aromatic N) is 1. The van der Waals surface area contributed by atoms with Gasteiger partial charge in [-0.15, -0.1) is 0 Å². The molecule has 2 N–H and O–H groups in total. The maximum atomic E-state index is 12.2. The van der Waals surface area contributed by atoms with Gasteiger partial charge in [-0.1, -0.05) is 30.3 Å². The molecule has 0 saturated heterocycles. The number of methoxy groups -OCH3 is 1. The van der Waals surface area contributed by atoms with Crippen LogP contribution in [-0.2, 0) is 6.54 Å². The molecule has 5 nitrogen and oxygen atoms in total. The molecule has 0 spiro atoms. The van der Waals surface area contributed by atoms with Gasteiger partial charge in [-0.2, -0.15) is 5.10 Å². The van der Waals surface area contributed by atoms with E-state index in [9.17, 15) is 4.79 Å². The van der Waals surface area contributed by atoms with Crippen molar-refractivity contribution in [2.75, 3.05) is 7.11 Å². The molecule has 1 amide bonds. The molecule has 1 aromatic heterocycles. The van der Waals surface area contributed by atoms with Crippen molar-refractivity contribution in [1.82, 2.24) is 15.5 Å². The van der Waals surface area contributed by atoms with Crippen LogP contribution in [0.5, 0.6) is 5.75 Å². The largest absolute Gasteiger partial charge is 0.497 e. The van der Waals surface area contributed by atoms with Gasteiger partial charge in [0.05, 0.1) is 19.0 Å². The summed E-state index contributed by atoms with van der Waals surface area (Å²) in [6.07, 6.45) is 1.73. The fourth-order valence-corrected chi connectivity index (χ4v) is 2.32. The van der Waals surface area contributed by atoms with Crippen LogP contribution in [0, 0.1) is 0 Å². The van der Waals surface area contributed by atoms with Gasteiger partial charge < -0.3 is 10.1 Å². The molecule has 0 radical (unpaired) electrons. The minimum absolute atomic E-state index is 0.132. The molecule has 5 heteroatoms. The zero-order chi connectivity index (χ0) is 16.1. The summed E-state index contributed by atoms with van der Waals surface area (Å²) in [5.41, 5.74) is 3.49. The molecule has 1 heterocycles. The van der Waals surface area contributed by atoms with E-state index in [2.05, 4.69) is 15.5 Å². The highest BCUT2D eigenvalue weighted by Crippen LogP contribution is 2.20. The van der Waals surface area contributed by atoms with E-state index in [0.717, 1.165) is 22.6 Å². The van der Waals surface area contributed by atoms with Crippen LogP contribution in [0.4, 0.5) is 0 Å². The van der Waals surface area contributed by atoms with Gasteiger partial charge in [0, 0.05) is 17.7 Å². The quantitative estimate of drug-likeness (QED) is 0.761. The molecule has 3 aromatic rings. The van der Waals surface area contributed by atoms with E-state index < -0.39 is 0 Å². The van der Waals surface area contributed by atoms with E-state index in [1.54, 1.807) is 37.6 Å². The van der Waals surface area contributed by atoms with E-state index in [-0.39, 0.29) is 5.91 Å². The van der Waals surface area contributed by atoms with Crippen molar-refractivity contribution in [3.8, 4) is 17.0 Å². The minimum Gasteiger partial charge on any atom is -0.497 e. The van der Waals surface area contributed by atoms with Gasteiger partial charge in [0.1, 0.15) is 5.75 Å². The van der Waals surface area contributed by atoms with E-state index in [4.69, 9.17) is 4.74 Å². The number of ether oxygens (including phenoxy) is 1. The maximum Gasteiger partial charge on any atom is 0.251 e. The summed E-state index contributed by atoms with van der Waals surface area (Å²) < 4.78 is 5.09. The molecule has 0 unspecified atom stereocenters. The van der Waals surface area contributed by atoms with Crippen LogP contribution in [0.1, 0.15) is 15.9 Å². The van der Waals surface area contributed by atoms with Crippen LogP contribution in [0.15, 0.2) is 60.8 Å². The molecule has 23 heavy (non-hydrogen) atoms. The van der Waals surface area contributed by atoms with Crippen molar-refractivity contribution in [2.24, 2.45) is 0 Å². The van der Waals surface area contributed by atoms with Gasteiger partial charge in [0.25, 0.3) is 5.91 Å². The molecule has 0 aliphatic heterocycles. The summed E-state index contributed by atoms with van der Waals surface area (Å²) >= 11 is 0. The van der Waals surface area contributed by atoms with Gasteiger partial charge in [-0.3, -0.25) is 9.89 Å². The first-order valence-electron chi connectivity index (χ1n) is 7.28. The monoisotopic (exact) mass is 307 g/mol. The summed E-state index contributed by atoms with van der Waals surface area (Å²) in [4.78, 5) is 12.2. The Morgan fingerprint density at radius 3 is 2.57 bits per heavy atom. The number of hydrogen-bond donors (Lipinski definition) is 2. The summed E-state index contributed by atoms with van der Waals surface area (Å²) in [6, 6.07) is 16.9. The van der Waals surface area contributed by atoms with Crippen LogP contribution in [-0.4, -0.2) is 23.2 Å². The third-order valence-electron chi connectivity index (χ3n) is 3.57. The number of aromatic nitrogens is 2. The third kappa shape index (κ3) is 3.40. The first-order chi connectivity index (χ1) is 11.3. The first-order valence-corrected chi connectivity index (χ1v) is 7.28. The molecule has 116 valence electrons. The minimum atomic E-state index is -0.132. The Morgan fingerprint density at radius 2 is 1.87 bits per heavy atom. The number of nitrogens with one attached hydrogen (secondary N) is 2. The van der Waals surface area contributed by atoms with Crippen molar-refractivity contribution in [2.45, 2.75) is 6.54 Å². The summed E-state index contributed by atoms with van der Waals surface area (Å²) in [5.74, 6) is 0.593. The van der Waals surface area contributed by atoms with Crippen LogP contribution in [0.3, 0.4) is 0 Å². The first kappa shape index (κ1) is 14.8. The van der Waals surface area contributed by atoms with Gasteiger partial charge >= 0.3 is 0 Å². The van der Waals surface area contributed by atoms with Gasteiger partial charge in [0.2, 0.25) is 0 Å². The second-order valence-corrected chi connectivity index (χ2v) is 5.05. The summed E-state index contributed by atoms with van der Waals surface area (Å²) in [7, 11) is 1.60. The molecule has 0 saturated carbocycles. The average Bonchev–Trinajstić information content (AvgIpc) is 3.09. The van der Waals surface area contributed by atoms with Crippen molar-refractivity contribution < 1.29 is 9.53 Å². The van der Waals surface area contributed by atoms with Crippen molar-refractivity contribution in [1.29, 1.82) is 0 Å². The Labute approximate surface area is 134 Å². The number of carbonyl (C=O) groups excluding carboxylic acids is 1. The van der Waals surface area contributed by atoms with E-state index >= 15 is 0 Å². The number of amides is 1. The predicted octanol–water partition coefficient (Wildman–Crippen LogP) is 3.02. The fourth-order valence-electron chi connectivity index (χ4n) is 2.32. The lowest BCUT2D eigenvalue weighted by Crippen LogP contribution is -2.22. The number of rotatable bonds is 5. The van der Waals surface area contributed by atoms with Crippen LogP contribution in [0.2, 0.25) is 0 Å². The van der Waals surface area contributed by atoms with E-state index in [0.29, 0.717) is 12.1 Å². The zero-order valence-corrected chi connectivity index (χ0v) is 12.7. The third-order valence-corrected chi connectivity index (χ3v) is 3.57. The average molecular weight is 307 g/mol. The lowest BCUT2D eigenvalue weighted by Gasteiger charge is -2.07. The standard InChI is InChI=1S/C18H17N3O2/c1-23-16-9-7-14(8-10-16)18(22)19-11-15-12-20-21-17(15)13-5-3-2-4-6-13/h2-10,12H,11H2,1H3,(H,19,22)(H,20,21). The molecular weight excluding hydrogens is 290 g/mol. The molecule has 0 fully saturated rings. The highest BCUT2D eigenvalue weighted by atomic mass is 16.5. The second kappa shape index (κ2) is 6.79. The molecule has 0 atom stereocenters. The molecule has 0 aliphatic rings. The Morgan fingerprint density at radius 1 is 1.13 bits per heavy atom. The molecule has 2 aromatic carbocycles. The van der Waals surface area contributed by atoms with E-state index in [1.165, 1.54) is 0 Å². The Hall–Kier alpha value is -3.08. The zero-order valence-electron chi connectivity index (χ0n) is 12.7. The van der Waals surface area contributed by atoms with Crippen molar-refractivity contribution in [3.63, 3.8) is 0 Å². The number of H-pyrrole nitrogens is 1. The lowest BCUT2D eigenvalue weighted by molar-refractivity contribution is 0.0951. The number of hydrogen-bond acceptors (Lipinski definition) is 3. The Kier molecular flexibility index (Phi) is 4.38. The van der Waals surface area contributed by atoms with Gasteiger partial charge in [-0.25, -0.2) is 0 Å². The number of aromatic amines is 1.